The van der Waals surface area contributed by atoms with E-state index in [0.29, 0.717) is 5.56 Å². The van der Waals surface area contributed by atoms with Crippen LogP contribution in [0, 0.1) is 6.92 Å². The second kappa shape index (κ2) is 4.63. The van der Waals surface area contributed by atoms with E-state index in [4.69, 9.17) is 5.90 Å². The van der Waals surface area contributed by atoms with E-state index in [1.54, 1.807) is 13.0 Å². The topological polar surface area (TPSA) is 35.2 Å². The van der Waals surface area contributed by atoms with E-state index < -0.39 is 11.7 Å². The summed E-state index contributed by atoms with van der Waals surface area (Å²) in [6.45, 7) is 1.72. The zero-order chi connectivity index (χ0) is 11.5. The zero-order valence-electron chi connectivity index (χ0n) is 8.27. The standard InChI is InChI=1S/C10H12F3NO/c1-7-3-2-4-9(10(11,12)13)8(7)5-6-15-14/h2-4H,5-6,14H2,1H3. The Hall–Kier alpha value is -1.07. The molecule has 0 unspecified atom stereocenters. The molecule has 2 N–H and O–H groups in total. The molecule has 0 saturated heterocycles. The quantitative estimate of drug-likeness (QED) is 0.792. The van der Waals surface area contributed by atoms with Gasteiger partial charge in [-0.2, -0.15) is 13.2 Å². The predicted octanol–water partition coefficient (Wildman–Crippen LogP) is 2.45. The summed E-state index contributed by atoms with van der Waals surface area (Å²) in [5.74, 6) is 4.80. The molecule has 0 fully saturated rings. The number of halogens is 3. The van der Waals surface area contributed by atoms with E-state index in [0.717, 1.165) is 6.07 Å². The predicted molar refractivity (Wildman–Crippen MR) is 50.0 cm³/mol. The van der Waals surface area contributed by atoms with Crippen LogP contribution in [0.5, 0.6) is 0 Å². The van der Waals surface area contributed by atoms with E-state index in [1.165, 1.54) is 6.07 Å². The first-order valence-corrected chi connectivity index (χ1v) is 4.44. The van der Waals surface area contributed by atoms with Crippen LogP contribution in [0.25, 0.3) is 0 Å². The van der Waals surface area contributed by atoms with Gasteiger partial charge in [-0.15, -0.1) is 0 Å². The van der Waals surface area contributed by atoms with Crippen molar-refractivity contribution in [3.8, 4) is 0 Å². The molecule has 0 spiro atoms. The number of benzene rings is 1. The van der Waals surface area contributed by atoms with E-state index in [9.17, 15) is 13.2 Å². The van der Waals surface area contributed by atoms with Gasteiger partial charge >= 0.3 is 6.18 Å². The second-order valence-corrected chi connectivity index (χ2v) is 3.22. The number of nitrogens with two attached hydrogens (primary N) is 1. The van der Waals surface area contributed by atoms with Gasteiger partial charge in [0.15, 0.2) is 0 Å². The number of alkyl halides is 3. The van der Waals surface area contributed by atoms with Crippen LogP contribution in [-0.4, -0.2) is 6.61 Å². The molecular weight excluding hydrogens is 207 g/mol. The number of aryl methyl sites for hydroxylation is 1. The zero-order valence-corrected chi connectivity index (χ0v) is 8.27. The fraction of sp³-hybridized carbons (Fsp3) is 0.400. The number of hydrogen-bond acceptors (Lipinski definition) is 2. The lowest BCUT2D eigenvalue weighted by Crippen LogP contribution is -2.13. The minimum atomic E-state index is -4.32. The van der Waals surface area contributed by atoms with E-state index >= 15 is 0 Å². The lowest BCUT2D eigenvalue weighted by Gasteiger charge is -2.14. The van der Waals surface area contributed by atoms with Crippen molar-refractivity contribution in [3.05, 3.63) is 34.9 Å². The van der Waals surface area contributed by atoms with Gasteiger partial charge in [-0.1, -0.05) is 12.1 Å². The Bertz CT molecular complexity index is 336. The molecule has 5 heteroatoms. The molecule has 0 atom stereocenters. The summed E-state index contributed by atoms with van der Waals surface area (Å²) in [5.41, 5.74) is 0.233. The van der Waals surface area contributed by atoms with Gasteiger partial charge in [0.2, 0.25) is 0 Å². The van der Waals surface area contributed by atoms with Gasteiger partial charge in [0.1, 0.15) is 0 Å². The van der Waals surface area contributed by atoms with Crippen molar-refractivity contribution >= 4 is 0 Å². The lowest BCUT2D eigenvalue weighted by molar-refractivity contribution is -0.138. The highest BCUT2D eigenvalue weighted by Crippen LogP contribution is 2.33. The first-order valence-electron chi connectivity index (χ1n) is 4.44. The van der Waals surface area contributed by atoms with Crippen LogP contribution in [0.3, 0.4) is 0 Å². The van der Waals surface area contributed by atoms with Crippen molar-refractivity contribution in [2.45, 2.75) is 19.5 Å². The van der Waals surface area contributed by atoms with Gasteiger partial charge in [0, 0.05) is 0 Å². The number of rotatable bonds is 3. The summed E-state index contributed by atoms with van der Waals surface area (Å²) in [7, 11) is 0. The van der Waals surface area contributed by atoms with Crippen molar-refractivity contribution in [1.29, 1.82) is 0 Å². The highest BCUT2D eigenvalue weighted by molar-refractivity contribution is 5.36. The second-order valence-electron chi connectivity index (χ2n) is 3.22. The molecule has 0 amide bonds. The first kappa shape index (κ1) is 12.0. The summed E-state index contributed by atoms with van der Waals surface area (Å²) >= 11 is 0. The Morgan fingerprint density at radius 2 is 2.00 bits per heavy atom. The first-order chi connectivity index (χ1) is 6.96. The van der Waals surface area contributed by atoms with E-state index in [1.807, 2.05) is 0 Å². The smallest absolute Gasteiger partial charge is 0.304 e. The van der Waals surface area contributed by atoms with Crippen LogP contribution >= 0.6 is 0 Å². The van der Waals surface area contributed by atoms with Gasteiger partial charge in [0.25, 0.3) is 0 Å². The Morgan fingerprint density at radius 3 is 2.53 bits per heavy atom. The fourth-order valence-corrected chi connectivity index (χ4v) is 1.46. The van der Waals surface area contributed by atoms with Crippen LogP contribution in [0.4, 0.5) is 13.2 Å². The van der Waals surface area contributed by atoms with Crippen molar-refractivity contribution in [2.24, 2.45) is 5.90 Å². The molecule has 0 heterocycles. The molecule has 1 aromatic carbocycles. The molecule has 84 valence electrons. The molecule has 0 aliphatic heterocycles. The van der Waals surface area contributed by atoms with Crippen molar-refractivity contribution in [3.63, 3.8) is 0 Å². The molecule has 0 saturated carbocycles. The summed E-state index contributed by atoms with van der Waals surface area (Å²) in [6, 6.07) is 4.10. The minimum Gasteiger partial charge on any atom is -0.304 e. The summed E-state index contributed by atoms with van der Waals surface area (Å²) in [4.78, 5) is 4.30. The average Bonchev–Trinajstić information content (AvgIpc) is 2.14. The highest BCUT2D eigenvalue weighted by atomic mass is 19.4. The van der Waals surface area contributed by atoms with Gasteiger partial charge in [-0.25, -0.2) is 5.90 Å². The molecule has 1 aromatic rings. The molecule has 0 radical (unpaired) electrons. The van der Waals surface area contributed by atoms with Crippen LogP contribution in [0.1, 0.15) is 16.7 Å². The summed E-state index contributed by atoms with van der Waals surface area (Å²) in [5, 5.41) is 0. The monoisotopic (exact) mass is 219 g/mol. The third kappa shape index (κ3) is 2.94. The van der Waals surface area contributed by atoms with Crippen molar-refractivity contribution in [1.82, 2.24) is 0 Å². The van der Waals surface area contributed by atoms with Crippen molar-refractivity contribution in [2.75, 3.05) is 6.61 Å². The molecule has 0 aliphatic carbocycles. The third-order valence-electron chi connectivity index (χ3n) is 2.19. The average molecular weight is 219 g/mol. The Kier molecular flexibility index (Phi) is 3.71. The lowest BCUT2D eigenvalue weighted by atomic mass is 9.99. The minimum absolute atomic E-state index is 0.0773. The maximum absolute atomic E-state index is 12.6. The molecule has 0 aliphatic rings. The fourth-order valence-electron chi connectivity index (χ4n) is 1.46. The van der Waals surface area contributed by atoms with Gasteiger partial charge in [-0.05, 0) is 30.5 Å². The van der Waals surface area contributed by atoms with E-state index in [-0.39, 0.29) is 18.6 Å². The normalized spacial score (nSPS) is 11.8. The molecule has 0 bridgehead atoms. The van der Waals surface area contributed by atoms with Crippen LogP contribution in [0.15, 0.2) is 18.2 Å². The molecule has 1 rings (SSSR count). The maximum Gasteiger partial charge on any atom is 0.416 e. The Labute approximate surface area is 85.8 Å². The Balaban J connectivity index is 3.09. The summed E-state index contributed by atoms with van der Waals surface area (Å²) in [6.07, 6.45) is -4.16. The SMILES string of the molecule is Cc1cccc(C(F)(F)F)c1CCON. The highest BCUT2D eigenvalue weighted by Gasteiger charge is 2.33. The number of hydrogen-bond donors (Lipinski definition) is 1. The van der Waals surface area contributed by atoms with Crippen molar-refractivity contribution < 1.29 is 18.0 Å². The third-order valence-corrected chi connectivity index (χ3v) is 2.19. The summed E-state index contributed by atoms with van der Waals surface area (Å²) < 4.78 is 37.8. The molecule has 15 heavy (non-hydrogen) atoms. The van der Waals surface area contributed by atoms with Crippen LogP contribution in [0.2, 0.25) is 0 Å². The van der Waals surface area contributed by atoms with Gasteiger partial charge in [-0.3, -0.25) is 0 Å². The maximum atomic E-state index is 12.6. The van der Waals surface area contributed by atoms with Gasteiger partial charge < -0.3 is 4.84 Å². The molecular formula is C10H12F3NO. The molecule has 0 aromatic heterocycles. The largest absolute Gasteiger partial charge is 0.416 e. The van der Waals surface area contributed by atoms with Crippen LogP contribution in [-0.2, 0) is 17.4 Å². The Morgan fingerprint density at radius 1 is 1.33 bits per heavy atom. The van der Waals surface area contributed by atoms with Crippen LogP contribution < -0.4 is 5.90 Å². The van der Waals surface area contributed by atoms with Gasteiger partial charge in [0.05, 0.1) is 12.2 Å². The molecule has 2 nitrogen and oxygen atoms in total. The van der Waals surface area contributed by atoms with E-state index in [2.05, 4.69) is 4.84 Å².